The highest BCUT2D eigenvalue weighted by atomic mass is 79.9. The van der Waals surface area contributed by atoms with Crippen LogP contribution in [0.5, 0.6) is 0 Å². The molecule has 6 rings (SSSR count). The van der Waals surface area contributed by atoms with E-state index in [9.17, 15) is 19.5 Å². The molecule has 13 heteroatoms. The van der Waals surface area contributed by atoms with Gasteiger partial charge in [0.2, 0.25) is 17.7 Å². The van der Waals surface area contributed by atoms with Gasteiger partial charge in [0.05, 0.1) is 37.8 Å². The number of allylic oxidation sites excluding steroid dienone is 1. The summed E-state index contributed by atoms with van der Waals surface area (Å²) in [5.41, 5.74) is -0.748. The molecule has 0 aromatic heterocycles. The Bertz CT molecular complexity index is 1500. The average Bonchev–Trinajstić information content (AvgIpc) is 3.71. The molecule has 3 amide bonds. The Morgan fingerprint density at radius 3 is 2.40 bits per heavy atom. The number of rotatable bonds is 7. The number of likely N-dealkylation sites (tertiary alicyclic amines) is 1. The van der Waals surface area contributed by atoms with Gasteiger partial charge in [-0.2, -0.15) is 0 Å². The van der Waals surface area contributed by atoms with E-state index in [0.29, 0.717) is 42.8 Å². The van der Waals surface area contributed by atoms with Crippen molar-refractivity contribution >= 4 is 39.6 Å². The highest BCUT2D eigenvalue weighted by Gasteiger charge is 2.75. The minimum atomic E-state index is -1.46. The van der Waals surface area contributed by atoms with Gasteiger partial charge in [-0.1, -0.05) is 72.3 Å². The van der Waals surface area contributed by atoms with Crippen molar-refractivity contribution in [1.29, 1.82) is 0 Å². The Balaban J connectivity index is 1.44. The van der Waals surface area contributed by atoms with Gasteiger partial charge in [0.1, 0.15) is 29.8 Å². The van der Waals surface area contributed by atoms with Crippen LogP contribution in [0.3, 0.4) is 0 Å². The first kappa shape index (κ1) is 36.7. The number of fused-ring (bicyclic) bond motifs is 2. The molecule has 5 bridgehead atoms. The minimum absolute atomic E-state index is 0.106. The zero-order chi connectivity index (χ0) is 35.7. The number of amides is 3. The maximum Gasteiger partial charge on any atom is 0.313 e. The number of aliphatic hydroxyl groups is 1. The smallest absolute Gasteiger partial charge is 0.313 e. The molecule has 1 aromatic rings. The van der Waals surface area contributed by atoms with Crippen LogP contribution in [0.25, 0.3) is 0 Å². The van der Waals surface area contributed by atoms with E-state index in [1.165, 1.54) is 4.90 Å². The summed E-state index contributed by atoms with van der Waals surface area (Å²) in [6.07, 6.45) is 4.62. The Morgan fingerprint density at radius 1 is 1.00 bits per heavy atom. The summed E-state index contributed by atoms with van der Waals surface area (Å²) in [6, 6.07) is 6.92. The third-order valence-electron chi connectivity index (χ3n) is 11.1. The monoisotopic (exact) mass is 756 g/mol. The number of halogens is 1. The van der Waals surface area contributed by atoms with Gasteiger partial charge in [-0.15, -0.1) is 0 Å². The Hall–Kier alpha value is -3.10. The Morgan fingerprint density at radius 2 is 1.72 bits per heavy atom. The fourth-order valence-corrected chi connectivity index (χ4v) is 8.89. The van der Waals surface area contributed by atoms with Crippen LogP contribution >= 0.6 is 15.9 Å². The molecule has 8 atom stereocenters. The van der Waals surface area contributed by atoms with Crippen molar-refractivity contribution < 1.29 is 38.5 Å². The molecule has 5 aliphatic rings. The number of hydrogen-bond donors (Lipinski definition) is 1. The fraction of sp³-hybridized carbons (Fsp3) is 0.622. The Labute approximate surface area is 302 Å². The second kappa shape index (κ2) is 15.2. The summed E-state index contributed by atoms with van der Waals surface area (Å²) in [6.45, 7) is 9.27. The van der Waals surface area contributed by atoms with Gasteiger partial charge >= 0.3 is 5.97 Å². The molecular formula is C37H49BrN4O8. The number of esters is 1. The van der Waals surface area contributed by atoms with Gasteiger partial charge in [0, 0.05) is 50.7 Å². The summed E-state index contributed by atoms with van der Waals surface area (Å²) >= 11 is 3.63. The molecule has 3 fully saturated rings. The molecule has 1 spiro atoms. The first-order valence-corrected chi connectivity index (χ1v) is 18.5. The molecule has 0 radical (unpaired) electrons. The van der Waals surface area contributed by atoms with Crippen molar-refractivity contribution in [3.05, 3.63) is 58.6 Å². The molecule has 272 valence electrons. The molecule has 5 aliphatic heterocycles. The van der Waals surface area contributed by atoms with Crippen molar-refractivity contribution in [2.75, 3.05) is 59.6 Å². The predicted molar refractivity (Wildman–Crippen MR) is 188 cm³/mol. The highest BCUT2D eigenvalue weighted by molar-refractivity contribution is 9.11. The third-order valence-corrected chi connectivity index (χ3v) is 11.8. The zero-order valence-corrected chi connectivity index (χ0v) is 30.9. The van der Waals surface area contributed by atoms with Crippen LogP contribution in [0.4, 0.5) is 0 Å². The molecule has 1 aromatic carbocycles. The molecular weight excluding hydrogens is 708 g/mol. The molecule has 0 unspecified atom stereocenters. The number of cyclic esters (lactones) is 1. The van der Waals surface area contributed by atoms with Gasteiger partial charge in [0.15, 0.2) is 0 Å². The van der Waals surface area contributed by atoms with Crippen LogP contribution in [0.2, 0.25) is 0 Å². The number of benzene rings is 1. The summed E-state index contributed by atoms with van der Waals surface area (Å²) in [4.78, 5) is 64.8. The van der Waals surface area contributed by atoms with Crippen molar-refractivity contribution in [2.45, 2.75) is 69.5 Å². The maximum absolute atomic E-state index is 15.0. The lowest BCUT2D eigenvalue weighted by Crippen LogP contribution is -2.60. The van der Waals surface area contributed by atoms with Crippen LogP contribution in [-0.4, -0.2) is 138 Å². The van der Waals surface area contributed by atoms with E-state index in [0.717, 1.165) is 13.1 Å². The molecule has 0 aliphatic carbocycles. The van der Waals surface area contributed by atoms with Gasteiger partial charge < -0.3 is 34.0 Å². The SMILES string of the molecule is CC(C)[C@H](CO)N1C(=O)[C@@H]2[C@H]3C(=O)O[C@@H](c4ccccc4)[C@H](C)N(C)C(=O)CC/C=C\CN(CCN4CCOCC4)C(=O)[C@@H]1[C@]21C=C(Br)[C@H]3O1. The van der Waals surface area contributed by atoms with Crippen molar-refractivity contribution in [3.63, 3.8) is 0 Å². The molecule has 5 heterocycles. The van der Waals surface area contributed by atoms with Crippen molar-refractivity contribution in [1.82, 2.24) is 19.6 Å². The average molecular weight is 758 g/mol. The van der Waals surface area contributed by atoms with Crippen LogP contribution < -0.4 is 0 Å². The van der Waals surface area contributed by atoms with E-state index >= 15 is 4.79 Å². The normalized spacial score (nSPS) is 33.9. The van der Waals surface area contributed by atoms with Gasteiger partial charge in [0.25, 0.3) is 0 Å². The molecule has 50 heavy (non-hydrogen) atoms. The lowest BCUT2D eigenvalue weighted by molar-refractivity contribution is -0.164. The molecule has 0 saturated carbocycles. The fourth-order valence-electron chi connectivity index (χ4n) is 8.16. The number of nitrogens with zero attached hydrogens (tertiary/aromatic N) is 4. The number of likely N-dealkylation sites (N-methyl/N-ethyl adjacent to an activating group) is 1. The van der Waals surface area contributed by atoms with E-state index < -0.39 is 59.6 Å². The summed E-state index contributed by atoms with van der Waals surface area (Å²) in [5, 5.41) is 10.7. The number of ether oxygens (including phenoxy) is 3. The number of hydrogen-bond acceptors (Lipinski definition) is 9. The first-order valence-electron chi connectivity index (χ1n) is 17.7. The van der Waals surface area contributed by atoms with E-state index in [1.54, 1.807) is 22.9 Å². The molecule has 12 nitrogen and oxygen atoms in total. The topological polar surface area (TPSA) is 129 Å². The van der Waals surface area contributed by atoms with Crippen LogP contribution in [0, 0.1) is 17.8 Å². The van der Waals surface area contributed by atoms with Crippen LogP contribution in [-0.2, 0) is 33.4 Å². The van der Waals surface area contributed by atoms with Gasteiger partial charge in [-0.25, -0.2) is 0 Å². The highest BCUT2D eigenvalue weighted by Crippen LogP contribution is 2.59. The molecule has 3 saturated heterocycles. The van der Waals surface area contributed by atoms with Crippen LogP contribution in [0.1, 0.15) is 45.3 Å². The largest absolute Gasteiger partial charge is 0.455 e. The molecule has 1 N–H and O–H groups in total. The van der Waals surface area contributed by atoms with E-state index in [-0.39, 0.29) is 37.3 Å². The van der Waals surface area contributed by atoms with Crippen molar-refractivity contribution in [2.24, 2.45) is 17.8 Å². The predicted octanol–water partition coefficient (Wildman–Crippen LogP) is 2.52. The quantitative estimate of drug-likeness (QED) is 0.330. The second-order valence-electron chi connectivity index (χ2n) is 14.3. The standard InChI is InChI=1S/C37H49BrN4O8/c1-23(2)27(22-43)42-33-35(46)41(16-15-40-17-19-48-20-18-40)14-10-6-9-13-28(44)39(4)24(3)31(25-11-7-5-8-12-25)49-36(47)29-30(34(42)45)37(33)21-26(38)32(29)50-37/h5-8,10-12,21,23-24,27,29-33,43H,9,13-20,22H2,1-4H3/b10-6-/t24-,27-,29+,30-,31+,32+,33+,37-/m0/s1. The summed E-state index contributed by atoms with van der Waals surface area (Å²) in [5.74, 6) is -3.80. The third kappa shape index (κ3) is 6.67. The van der Waals surface area contributed by atoms with E-state index in [1.807, 2.05) is 63.3 Å². The number of aliphatic hydroxyl groups excluding tert-OH is 1. The lowest BCUT2D eigenvalue weighted by atomic mass is 9.74. The minimum Gasteiger partial charge on any atom is -0.455 e. The van der Waals surface area contributed by atoms with Gasteiger partial charge in [-0.05, 0) is 30.9 Å². The Kier molecular flexibility index (Phi) is 11.2. The number of carbonyl (C=O) groups is 4. The second-order valence-corrected chi connectivity index (χ2v) is 15.2. The van der Waals surface area contributed by atoms with Crippen molar-refractivity contribution in [3.8, 4) is 0 Å². The lowest BCUT2D eigenvalue weighted by Gasteiger charge is -2.40. The zero-order valence-electron chi connectivity index (χ0n) is 29.3. The number of morpholine rings is 1. The van der Waals surface area contributed by atoms with E-state index in [2.05, 4.69) is 20.8 Å². The maximum atomic E-state index is 15.0. The summed E-state index contributed by atoms with van der Waals surface area (Å²) < 4.78 is 19.1. The van der Waals surface area contributed by atoms with E-state index in [4.69, 9.17) is 14.2 Å². The van der Waals surface area contributed by atoms with Gasteiger partial charge in [-0.3, -0.25) is 24.1 Å². The number of carbonyl (C=O) groups excluding carboxylic acids is 4. The first-order chi connectivity index (χ1) is 24.0. The summed E-state index contributed by atoms with van der Waals surface area (Å²) in [7, 11) is 1.71. The van der Waals surface area contributed by atoms with Crippen LogP contribution in [0.15, 0.2) is 53.0 Å².